The molecular formula is C12H10N4O. The van der Waals surface area contributed by atoms with Gasteiger partial charge < -0.3 is 4.42 Å². The number of aryl methyl sites for hydroxylation is 1. The molecule has 0 saturated carbocycles. The third-order valence-electron chi connectivity index (χ3n) is 2.43. The highest BCUT2D eigenvalue weighted by atomic mass is 16.3. The monoisotopic (exact) mass is 226 g/mol. The van der Waals surface area contributed by atoms with E-state index in [1.165, 1.54) is 4.80 Å². The molecule has 3 aromatic rings. The first-order valence-electron chi connectivity index (χ1n) is 5.21. The summed E-state index contributed by atoms with van der Waals surface area (Å²) in [6.07, 6.45) is 1.66. The Morgan fingerprint density at radius 3 is 2.71 bits per heavy atom. The van der Waals surface area contributed by atoms with Crippen molar-refractivity contribution in [2.24, 2.45) is 7.05 Å². The van der Waals surface area contributed by atoms with Gasteiger partial charge in [-0.25, -0.2) is 0 Å². The highest BCUT2D eigenvalue weighted by molar-refractivity contribution is 5.66. The van der Waals surface area contributed by atoms with E-state index in [4.69, 9.17) is 4.42 Å². The van der Waals surface area contributed by atoms with Crippen molar-refractivity contribution in [2.75, 3.05) is 0 Å². The SMILES string of the molecule is Cn1nnc(-c2cccc(-c3ccco3)c2)n1. The fourth-order valence-corrected chi connectivity index (χ4v) is 1.65. The van der Waals surface area contributed by atoms with Gasteiger partial charge in [-0.2, -0.15) is 4.80 Å². The minimum Gasteiger partial charge on any atom is -0.464 e. The summed E-state index contributed by atoms with van der Waals surface area (Å²) in [7, 11) is 1.74. The molecule has 2 aromatic heterocycles. The van der Waals surface area contributed by atoms with Gasteiger partial charge in [0, 0.05) is 11.1 Å². The summed E-state index contributed by atoms with van der Waals surface area (Å²) in [6, 6.07) is 11.6. The molecule has 1 aromatic carbocycles. The highest BCUT2D eigenvalue weighted by Gasteiger charge is 2.07. The van der Waals surface area contributed by atoms with Gasteiger partial charge in [-0.15, -0.1) is 10.2 Å². The van der Waals surface area contributed by atoms with Crippen LogP contribution in [-0.2, 0) is 7.05 Å². The zero-order chi connectivity index (χ0) is 11.7. The van der Waals surface area contributed by atoms with Crippen LogP contribution in [0, 0.1) is 0 Å². The van der Waals surface area contributed by atoms with Crippen molar-refractivity contribution in [3.05, 3.63) is 42.7 Å². The van der Waals surface area contributed by atoms with Crippen LogP contribution in [0.2, 0.25) is 0 Å². The Kier molecular flexibility index (Phi) is 2.22. The van der Waals surface area contributed by atoms with Crippen molar-refractivity contribution in [1.82, 2.24) is 20.2 Å². The molecule has 0 spiro atoms. The van der Waals surface area contributed by atoms with Crippen LogP contribution in [0.1, 0.15) is 0 Å². The zero-order valence-electron chi connectivity index (χ0n) is 9.24. The molecule has 0 aliphatic carbocycles. The molecule has 0 fully saturated rings. The molecule has 0 unspecified atom stereocenters. The van der Waals surface area contributed by atoms with E-state index in [2.05, 4.69) is 15.4 Å². The second-order valence-electron chi connectivity index (χ2n) is 3.66. The van der Waals surface area contributed by atoms with Crippen LogP contribution in [0.5, 0.6) is 0 Å². The van der Waals surface area contributed by atoms with E-state index in [-0.39, 0.29) is 0 Å². The molecule has 0 saturated heterocycles. The maximum absolute atomic E-state index is 5.35. The first kappa shape index (κ1) is 9.77. The van der Waals surface area contributed by atoms with E-state index in [0.717, 1.165) is 16.9 Å². The number of furan rings is 1. The van der Waals surface area contributed by atoms with Crippen molar-refractivity contribution >= 4 is 0 Å². The summed E-state index contributed by atoms with van der Waals surface area (Å²) in [5.41, 5.74) is 1.92. The second-order valence-corrected chi connectivity index (χ2v) is 3.66. The summed E-state index contributed by atoms with van der Waals surface area (Å²) in [6.45, 7) is 0. The van der Waals surface area contributed by atoms with Gasteiger partial charge in [-0.05, 0) is 23.4 Å². The smallest absolute Gasteiger partial charge is 0.204 e. The molecule has 0 aliphatic rings. The van der Waals surface area contributed by atoms with Gasteiger partial charge in [0.15, 0.2) is 0 Å². The summed E-state index contributed by atoms with van der Waals surface area (Å²) in [5.74, 6) is 1.44. The van der Waals surface area contributed by atoms with Crippen LogP contribution in [0.15, 0.2) is 47.1 Å². The molecule has 84 valence electrons. The minimum atomic E-state index is 0.612. The number of aromatic nitrogens is 4. The first-order valence-corrected chi connectivity index (χ1v) is 5.21. The molecule has 0 radical (unpaired) electrons. The van der Waals surface area contributed by atoms with Gasteiger partial charge >= 0.3 is 0 Å². The highest BCUT2D eigenvalue weighted by Crippen LogP contribution is 2.24. The fourth-order valence-electron chi connectivity index (χ4n) is 1.65. The Morgan fingerprint density at radius 2 is 2.00 bits per heavy atom. The molecule has 3 rings (SSSR count). The molecule has 5 nitrogen and oxygen atoms in total. The topological polar surface area (TPSA) is 56.7 Å². The Labute approximate surface area is 97.7 Å². The van der Waals surface area contributed by atoms with Crippen LogP contribution >= 0.6 is 0 Å². The number of rotatable bonds is 2. The Balaban J connectivity index is 2.05. The van der Waals surface area contributed by atoms with Gasteiger partial charge in [0.2, 0.25) is 5.82 Å². The summed E-state index contributed by atoms with van der Waals surface area (Å²) < 4.78 is 5.35. The lowest BCUT2D eigenvalue weighted by Crippen LogP contribution is -1.91. The maximum Gasteiger partial charge on any atom is 0.204 e. The van der Waals surface area contributed by atoms with Crippen molar-refractivity contribution in [3.8, 4) is 22.7 Å². The molecule has 2 heterocycles. The summed E-state index contributed by atoms with van der Waals surface area (Å²) in [4.78, 5) is 1.44. The maximum atomic E-state index is 5.35. The lowest BCUT2D eigenvalue weighted by molar-refractivity contribution is 0.582. The average Bonchev–Trinajstić information content (AvgIpc) is 3.00. The molecule has 0 atom stereocenters. The van der Waals surface area contributed by atoms with Gasteiger partial charge in [0.1, 0.15) is 5.76 Å². The standard InChI is InChI=1S/C12H10N4O/c1-16-14-12(13-15-16)10-5-2-4-9(8-10)11-6-3-7-17-11/h2-8H,1H3. The predicted octanol–water partition coefficient (Wildman–Crippen LogP) is 2.14. The third kappa shape index (κ3) is 1.82. The van der Waals surface area contributed by atoms with Crippen LogP contribution in [0.3, 0.4) is 0 Å². The van der Waals surface area contributed by atoms with Crippen LogP contribution in [-0.4, -0.2) is 20.2 Å². The quantitative estimate of drug-likeness (QED) is 0.671. The number of tetrazole rings is 1. The third-order valence-corrected chi connectivity index (χ3v) is 2.43. The van der Waals surface area contributed by atoms with Crippen LogP contribution in [0.25, 0.3) is 22.7 Å². The van der Waals surface area contributed by atoms with Crippen molar-refractivity contribution in [2.45, 2.75) is 0 Å². The van der Waals surface area contributed by atoms with Gasteiger partial charge in [0.05, 0.1) is 13.3 Å². The van der Waals surface area contributed by atoms with Gasteiger partial charge in [0.25, 0.3) is 0 Å². The number of benzene rings is 1. The van der Waals surface area contributed by atoms with Crippen molar-refractivity contribution < 1.29 is 4.42 Å². The molecule has 5 heteroatoms. The van der Waals surface area contributed by atoms with E-state index in [9.17, 15) is 0 Å². The lowest BCUT2D eigenvalue weighted by Gasteiger charge is -1.99. The minimum absolute atomic E-state index is 0.612. The Hall–Kier alpha value is -2.43. The van der Waals surface area contributed by atoms with Crippen molar-refractivity contribution in [3.63, 3.8) is 0 Å². The number of hydrogen-bond donors (Lipinski definition) is 0. The van der Waals surface area contributed by atoms with E-state index < -0.39 is 0 Å². The zero-order valence-corrected chi connectivity index (χ0v) is 9.24. The normalized spacial score (nSPS) is 10.6. The molecule has 0 bridgehead atoms. The molecule has 17 heavy (non-hydrogen) atoms. The van der Waals surface area contributed by atoms with E-state index >= 15 is 0 Å². The second kappa shape index (κ2) is 3.86. The lowest BCUT2D eigenvalue weighted by atomic mass is 10.1. The van der Waals surface area contributed by atoms with Crippen LogP contribution in [0.4, 0.5) is 0 Å². The average molecular weight is 226 g/mol. The fraction of sp³-hybridized carbons (Fsp3) is 0.0833. The predicted molar refractivity (Wildman–Crippen MR) is 61.9 cm³/mol. The van der Waals surface area contributed by atoms with E-state index in [0.29, 0.717) is 5.82 Å². The largest absolute Gasteiger partial charge is 0.464 e. The molecule has 0 N–H and O–H groups in total. The van der Waals surface area contributed by atoms with Crippen LogP contribution < -0.4 is 0 Å². The Morgan fingerprint density at radius 1 is 1.12 bits per heavy atom. The van der Waals surface area contributed by atoms with Gasteiger partial charge in [-0.1, -0.05) is 18.2 Å². The van der Waals surface area contributed by atoms with Crippen molar-refractivity contribution in [1.29, 1.82) is 0 Å². The number of nitrogens with zero attached hydrogens (tertiary/aromatic N) is 4. The molecule has 0 amide bonds. The molecule has 0 aliphatic heterocycles. The Bertz CT molecular complexity index is 628. The molecular weight excluding hydrogens is 216 g/mol. The van der Waals surface area contributed by atoms with E-state index in [1.54, 1.807) is 13.3 Å². The van der Waals surface area contributed by atoms with Gasteiger partial charge in [-0.3, -0.25) is 0 Å². The first-order chi connectivity index (χ1) is 8.33. The summed E-state index contributed by atoms with van der Waals surface area (Å²) in [5, 5.41) is 12.0. The summed E-state index contributed by atoms with van der Waals surface area (Å²) >= 11 is 0. The number of hydrogen-bond acceptors (Lipinski definition) is 4. The van der Waals surface area contributed by atoms with E-state index in [1.807, 2.05) is 36.4 Å².